The number of aliphatic hydroxyl groups excluding tert-OH is 1. The summed E-state index contributed by atoms with van der Waals surface area (Å²) in [6, 6.07) is 0. The Morgan fingerprint density at radius 2 is 2.03 bits per heavy atom. The lowest BCUT2D eigenvalue weighted by molar-refractivity contribution is -0.205. The molecule has 5 nitrogen and oxygen atoms in total. The molecule has 0 aromatic heterocycles. The number of carbonyl (C=O) groups is 2. The molecule has 0 amide bonds. The summed E-state index contributed by atoms with van der Waals surface area (Å²) in [5.41, 5.74) is -0.318. The second-order valence-corrected chi connectivity index (χ2v) is 10.8. The fourth-order valence-electron chi connectivity index (χ4n) is 7.63. The minimum Gasteiger partial charge on any atom is -0.467 e. The minimum absolute atomic E-state index is 0.117. The predicted molar refractivity (Wildman–Crippen MR) is 112 cm³/mol. The van der Waals surface area contributed by atoms with Crippen LogP contribution < -0.4 is 0 Å². The van der Waals surface area contributed by atoms with Gasteiger partial charge in [-0.05, 0) is 74.0 Å². The van der Waals surface area contributed by atoms with E-state index in [2.05, 4.69) is 13.8 Å². The Balaban J connectivity index is 1.73. The Morgan fingerprint density at radius 1 is 1.28 bits per heavy atom. The molecule has 6 heteroatoms. The van der Waals surface area contributed by atoms with Crippen LogP contribution in [0, 0.1) is 28.6 Å². The van der Waals surface area contributed by atoms with E-state index >= 15 is 0 Å². The molecule has 7 atom stereocenters. The van der Waals surface area contributed by atoms with Gasteiger partial charge in [-0.3, -0.25) is 4.79 Å². The number of ketones is 1. The van der Waals surface area contributed by atoms with Gasteiger partial charge < -0.3 is 14.6 Å². The van der Waals surface area contributed by atoms with Gasteiger partial charge in [-0.2, -0.15) is 0 Å². The Hall–Kier alpha value is -0.850. The molecule has 29 heavy (non-hydrogen) atoms. The SMILES string of the molecule is COC(=O)[C@@]1(OCSC)CC[C@H]2[C@@H]3CCC4=CC(=O)CC[C@]4(C)[C@H]3[C@@H](O)C[C@@]21C. The standard InChI is InChI=1S/C23H34O5S/c1-21-9-7-15(24)11-14(21)5-6-16-17-8-10-23(20(26)27-3,28-13-29-4)22(17,2)12-18(25)19(16)21/h11,16-19,25H,5-10,12-13H2,1-4H3/t16-,17-,18-,19+,21-,22-,23-/m0/s1. The van der Waals surface area contributed by atoms with Crippen molar-refractivity contribution in [1.82, 2.24) is 0 Å². The number of hydrogen-bond acceptors (Lipinski definition) is 6. The molecule has 0 aromatic carbocycles. The Labute approximate surface area is 178 Å². The van der Waals surface area contributed by atoms with Crippen LogP contribution in [0.4, 0.5) is 0 Å². The number of esters is 1. The first-order valence-electron chi connectivity index (χ1n) is 10.9. The van der Waals surface area contributed by atoms with Gasteiger partial charge in [-0.15, -0.1) is 11.8 Å². The van der Waals surface area contributed by atoms with E-state index in [1.165, 1.54) is 12.7 Å². The van der Waals surface area contributed by atoms with Crippen LogP contribution >= 0.6 is 11.8 Å². The number of aliphatic hydroxyl groups is 1. The average molecular weight is 423 g/mol. The molecule has 162 valence electrons. The average Bonchev–Trinajstić information content (AvgIpc) is 2.98. The van der Waals surface area contributed by atoms with Crippen molar-refractivity contribution < 1.29 is 24.2 Å². The van der Waals surface area contributed by atoms with Crippen LogP contribution in [0.15, 0.2) is 11.6 Å². The Kier molecular flexibility index (Phi) is 5.44. The van der Waals surface area contributed by atoms with Gasteiger partial charge in [-0.25, -0.2) is 4.79 Å². The molecular weight excluding hydrogens is 388 g/mol. The third-order valence-corrected chi connectivity index (χ3v) is 9.31. The summed E-state index contributed by atoms with van der Waals surface area (Å²) < 4.78 is 11.5. The van der Waals surface area contributed by atoms with E-state index in [1.54, 1.807) is 11.8 Å². The van der Waals surface area contributed by atoms with Crippen molar-refractivity contribution in [2.45, 2.75) is 70.5 Å². The smallest absolute Gasteiger partial charge is 0.338 e. The van der Waals surface area contributed by atoms with Crippen molar-refractivity contribution in [3.8, 4) is 0 Å². The van der Waals surface area contributed by atoms with Crippen LogP contribution in [0.25, 0.3) is 0 Å². The molecule has 0 unspecified atom stereocenters. The number of thioether (sulfide) groups is 1. The van der Waals surface area contributed by atoms with Crippen molar-refractivity contribution in [2.75, 3.05) is 19.3 Å². The fourth-order valence-corrected chi connectivity index (χ4v) is 7.95. The van der Waals surface area contributed by atoms with Gasteiger partial charge in [0.1, 0.15) is 0 Å². The summed E-state index contributed by atoms with van der Waals surface area (Å²) in [6.07, 6.45) is 8.70. The summed E-state index contributed by atoms with van der Waals surface area (Å²) in [4.78, 5) is 25.0. The lowest BCUT2D eigenvalue weighted by Gasteiger charge is -2.60. The summed E-state index contributed by atoms with van der Waals surface area (Å²) in [5, 5.41) is 11.5. The van der Waals surface area contributed by atoms with E-state index in [1.807, 2.05) is 12.3 Å². The molecule has 0 aliphatic heterocycles. The molecule has 0 bridgehead atoms. The summed E-state index contributed by atoms with van der Waals surface area (Å²) in [7, 11) is 1.43. The highest BCUT2D eigenvalue weighted by molar-refractivity contribution is 7.98. The zero-order valence-corrected chi connectivity index (χ0v) is 18.8. The van der Waals surface area contributed by atoms with Crippen molar-refractivity contribution >= 4 is 23.5 Å². The number of allylic oxidation sites excluding steroid dienone is 1. The predicted octanol–water partition coefficient (Wildman–Crippen LogP) is 3.74. The van der Waals surface area contributed by atoms with Crippen molar-refractivity contribution in [3.05, 3.63) is 11.6 Å². The van der Waals surface area contributed by atoms with Crippen molar-refractivity contribution in [3.63, 3.8) is 0 Å². The molecule has 4 aliphatic carbocycles. The van der Waals surface area contributed by atoms with E-state index in [4.69, 9.17) is 9.47 Å². The van der Waals surface area contributed by atoms with Gasteiger partial charge in [-0.1, -0.05) is 19.4 Å². The first kappa shape index (κ1) is 21.4. The molecular formula is C23H34O5S. The maximum Gasteiger partial charge on any atom is 0.338 e. The van der Waals surface area contributed by atoms with Crippen LogP contribution in [0.5, 0.6) is 0 Å². The topological polar surface area (TPSA) is 72.8 Å². The molecule has 3 saturated carbocycles. The van der Waals surface area contributed by atoms with Crippen LogP contribution in [-0.4, -0.2) is 47.9 Å². The number of rotatable bonds is 4. The highest BCUT2D eigenvalue weighted by Gasteiger charge is 2.70. The Morgan fingerprint density at radius 3 is 2.72 bits per heavy atom. The number of fused-ring (bicyclic) bond motifs is 5. The summed E-state index contributed by atoms with van der Waals surface area (Å²) >= 11 is 1.56. The van der Waals surface area contributed by atoms with E-state index < -0.39 is 17.1 Å². The van der Waals surface area contributed by atoms with Gasteiger partial charge in [0.15, 0.2) is 11.4 Å². The number of hydrogen-bond donors (Lipinski definition) is 1. The van der Waals surface area contributed by atoms with Crippen LogP contribution in [0.1, 0.15) is 58.8 Å². The van der Waals surface area contributed by atoms with E-state index in [0.717, 1.165) is 25.7 Å². The third-order valence-electron chi connectivity index (χ3n) is 8.95. The minimum atomic E-state index is -0.985. The normalized spacial score (nSPS) is 46.4. The molecule has 4 rings (SSSR count). The molecule has 0 heterocycles. The zero-order valence-electron chi connectivity index (χ0n) is 18.0. The van der Waals surface area contributed by atoms with Crippen molar-refractivity contribution in [1.29, 1.82) is 0 Å². The lowest BCUT2D eigenvalue weighted by Crippen LogP contribution is -2.62. The highest BCUT2D eigenvalue weighted by Crippen LogP contribution is 2.68. The molecule has 0 radical (unpaired) electrons. The lowest BCUT2D eigenvalue weighted by atomic mass is 9.45. The molecule has 3 fully saturated rings. The Bertz CT molecular complexity index is 735. The van der Waals surface area contributed by atoms with Gasteiger partial charge in [0.05, 0.1) is 19.2 Å². The second kappa shape index (κ2) is 7.38. The first-order chi connectivity index (χ1) is 13.7. The zero-order chi connectivity index (χ0) is 21.0. The van der Waals surface area contributed by atoms with Gasteiger partial charge in [0.25, 0.3) is 0 Å². The van der Waals surface area contributed by atoms with Crippen molar-refractivity contribution in [2.24, 2.45) is 28.6 Å². The van der Waals surface area contributed by atoms with Crippen LogP contribution in [-0.2, 0) is 19.1 Å². The number of methoxy groups -OCH3 is 1. The summed E-state index contributed by atoms with van der Waals surface area (Å²) in [6.45, 7) is 4.39. The highest BCUT2D eigenvalue weighted by atomic mass is 32.2. The molecule has 0 spiro atoms. The summed E-state index contributed by atoms with van der Waals surface area (Å²) in [5.74, 6) is 1.16. The fraction of sp³-hybridized carbons (Fsp3) is 0.826. The van der Waals surface area contributed by atoms with E-state index in [9.17, 15) is 14.7 Å². The molecule has 1 N–H and O–H groups in total. The second-order valence-electron chi connectivity index (χ2n) is 9.99. The first-order valence-corrected chi connectivity index (χ1v) is 12.3. The number of carbonyl (C=O) groups excluding carboxylic acids is 2. The van der Waals surface area contributed by atoms with Gasteiger partial charge in [0.2, 0.25) is 0 Å². The van der Waals surface area contributed by atoms with Crippen LogP contribution in [0.2, 0.25) is 0 Å². The maximum atomic E-state index is 13.0. The third kappa shape index (κ3) is 2.89. The quantitative estimate of drug-likeness (QED) is 0.550. The maximum absolute atomic E-state index is 13.0. The van der Waals surface area contributed by atoms with E-state index in [0.29, 0.717) is 37.0 Å². The van der Waals surface area contributed by atoms with Crippen LogP contribution in [0.3, 0.4) is 0 Å². The van der Waals surface area contributed by atoms with Gasteiger partial charge >= 0.3 is 5.97 Å². The molecule has 0 aromatic rings. The molecule has 0 saturated heterocycles. The van der Waals surface area contributed by atoms with Gasteiger partial charge in [0, 0.05) is 11.8 Å². The molecule has 4 aliphatic rings. The number of ether oxygens (including phenoxy) is 2. The largest absolute Gasteiger partial charge is 0.467 e. The monoisotopic (exact) mass is 422 g/mol. The van der Waals surface area contributed by atoms with E-state index in [-0.39, 0.29) is 23.1 Å².